The Hall–Kier alpha value is 0.240. The fourth-order valence-electron chi connectivity index (χ4n) is 0.312. The molecule has 0 N–H and O–H groups in total. The molecule has 0 aromatic rings. The van der Waals surface area contributed by atoms with E-state index in [2.05, 4.69) is 9.26 Å². The van der Waals surface area contributed by atoms with Gasteiger partial charge in [0.15, 0.2) is 0 Å². The zero-order chi connectivity index (χ0) is 9.78. The van der Waals surface area contributed by atoms with Gasteiger partial charge in [0.1, 0.15) is 0 Å². The summed E-state index contributed by atoms with van der Waals surface area (Å²) in [6.45, 7) is 2.83. The van der Waals surface area contributed by atoms with Crippen molar-refractivity contribution in [3.63, 3.8) is 0 Å². The first-order valence-electron chi connectivity index (χ1n) is 3.13. The number of carbonyl (C=O) groups is 1. The van der Waals surface area contributed by atoms with Crippen LogP contribution in [0, 0.1) is 5.92 Å². The van der Waals surface area contributed by atoms with E-state index in [0.29, 0.717) is 0 Å². The smallest absolute Gasteiger partial charge is 0.382 e. The number of hydrogen-bond donors (Lipinski definition) is 0. The molecule has 0 saturated heterocycles. The summed E-state index contributed by atoms with van der Waals surface area (Å²) >= 11 is 10.0. The lowest BCUT2D eigenvalue weighted by molar-refractivity contribution is -0.153. The Morgan fingerprint density at radius 2 is 2.00 bits per heavy atom. The van der Waals surface area contributed by atoms with Gasteiger partial charge in [0, 0.05) is 0 Å². The molecule has 0 bridgehead atoms. The predicted molar refractivity (Wildman–Crippen MR) is 46.2 cm³/mol. The van der Waals surface area contributed by atoms with Crippen LogP contribution in [0.5, 0.6) is 0 Å². The van der Waals surface area contributed by atoms with Crippen LogP contribution in [-0.2, 0) is 18.6 Å². The number of esters is 1. The van der Waals surface area contributed by atoms with Gasteiger partial charge in [-0.15, -0.1) is 0 Å². The fourth-order valence-corrected chi connectivity index (χ4v) is 0.727. The molecule has 0 spiro atoms. The number of halogens is 2. The lowest BCUT2D eigenvalue weighted by atomic mass is 10.2. The predicted octanol–water partition coefficient (Wildman–Crippen LogP) is 2.75. The van der Waals surface area contributed by atoms with Crippen LogP contribution in [0.2, 0.25) is 0 Å². The van der Waals surface area contributed by atoms with Crippen LogP contribution in [-0.4, -0.2) is 12.8 Å². The van der Waals surface area contributed by atoms with Gasteiger partial charge in [-0.3, -0.25) is 13.9 Å². The summed E-state index contributed by atoms with van der Waals surface area (Å²) in [5.74, 6) is -0.726. The second-order valence-corrected chi connectivity index (χ2v) is 6.56. The van der Waals surface area contributed by atoms with Gasteiger partial charge >= 0.3 is 12.0 Å². The van der Waals surface area contributed by atoms with Gasteiger partial charge in [-0.25, -0.2) is 0 Å². The third-order valence-corrected chi connectivity index (χ3v) is 1.87. The Morgan fingerprint density at radius 1 is 1.50 bits per heavy atom. The van der Waals surface area contributed by atoms with E-state index in [1.807, 2.05) is 0 Å². The molecule has 72 valence electrons. The summed E-state index contributed by atoms with van der Waals surface area (Å²) in [6.07, 6.45) is -3.58. The van der Waals surface area contributed by atoms with Crippen LogP contribution < -0.4 is 0 Å². The minimum atomic E-state index is -3.58. The largest absolute Gasteiger partial charge is 0.438 e. The van der Waals surface area contributed by atoms with Crippen LogP contribution in [0.25, 0.3) is 0 Å². The number of rotatable bonds is 4. The minimum Gasteiger partial charge on any atom is -0.438 e. The van der Waals surface area contributed by atoms with Gasteiger partial charge in [-0.2, -0.15) is 0 Å². The Labute approximate surface area is 80.2 Å². The second-order valence-electron chi connectivity index (χ2n) is 2.28. The Kier molecular flexibility index (Phi) is 5.18. The molecule has 0 unspecified atom stereocenters. The third-order valence-electron chi connectivity index (χ3n) is 0.876. The number of hydrogen-bond acceptors (Lipinski definition) is 4. The summed E-state index contributed by atoms with van der Waals surface area (Å²) in [5.41, 5.74) is 0. The molecule has 7 heteroatoms. The van der Waals surface area contributed by atoms with Gasteiger partial charge in [0.2, 0.25) is 6.79 Å². The summed E-state index contributed by atoms with van der Waals surface area (Å²) in [4.78, 5) is 10.8. The van der Waals surface area contributed by atoms with E-state index in [4.69, 9.17) is 22.5 Å². The van der Waals surface area contributed by atoms with Crippen LogP contribution in [0.4, 0.5) is 0 Å². The lowest BCUT2D eigenvalue weighted by Crippen LogP contribution is -2.12. The maximum atomic E-state index is 10.8. The summed E-state index contributed by atoms with van der Waals surface area (Å²) < 4.78 is 19.3. The molecule has 0 aliphatic heterocycles. The number of carbonyl (C=O) groups excluding carboxylic acids is 1. The zero-order valence-electron chi connectivity index (χ0n) is 6.62. The highest BCUT2D eigenvalue weighted by Gasteiger charge is 2.16. The molecule has 0 aliphatic rings. The maximum Gasteiger partial charge on any atom is 0.382 e. The van der Waals surface area contributed by atoms with Gasteiger partial charge in [0.25, 0.3) is 0 Å². The van der Waals surface area contributed by atoms with Crippen molar-refractivity contribution in [3.8, 4) is 0 Å². The Balaban J connectivity index is 3.58. The van der Waals surface area contributed by atoms with Crippen molar-refractivity contribution in [1.29, 1.82) is 0 Å². The van der Waals surface area contributed by atoms with Gasteiger partial charge < -0.3 is 4.74 Å². The van der Waals surface area contributed by atoms with Crippen molar-refractivity contribution in [1.82, 2.24) is 0 Å². The zero-order valence-corrected chi connectivity index (χ0v) is 9.03. The molecule has 0 fully saturated rings. The monoisotopic (exact) mass is 234 g/mol. The van der Waals surface area contributed by atoms with Crippen molar-refractivity contribution in [2.24, 2.45) is 5.92 Å². The quantitative estimate of drug-likeness (QED) is 0.427. The molecular weight excluding hydrogens is 226 g/mol. The SMILES string of the molecule is CC(C)C(=O)OCOP(=O)(Cl)Cl. The highest BCUT2D eigenvalue weighted by atomic mass is 35.9. The Morgan fingerprint density at radius 3 is 2.33 bits per heavy atom. The molecule has 0 aromatic carbocycles. The molecule has 0 rings (SSSR count). The number of ether oxygens (including phenoxy) is 1. The van der Waals surface area contributed by atoms with Crippen LogP contribution in [0.1, 0.15) is 13.8 Å². The highest BCUT2D eigenvalue weighted by molar-refractivity contribution is 8.05. The molecule has 0 saturated carbocycles. The van der Waals surface area contributed by atoms with E-state index in [-0.39, 0.29) is 5.92 Å². The molecule has 0 radical (unpaired) electrons. The normalized spacial score (nSPS) is 11.8. The average molecular weight is 235 g/mol. The van der Waals surface area contributed by atoms with E-state index in [0.717, 1.165) is 0 Å². The molecule has 0 amide bonds. The molecule has 12 heavy (non-hydrogen) atoms. The molecule has 0 aromatic heterocycles. The van der Waals surface area contributed by atoms with E-state index < -0.39 is 18.8 Å². The first-order chi connectivity index (χ1) is 5.33. The highest BCUT2D eigenvalue weighted by Crippen LogP contribution is 2.57. The first kappa shape index (κ1) is 12.2. The minimum absolute atomic E-state index is 0.265. The van der Waals surface area contributed by atoms with Crippen LogP contribution >= 0.6 is 28.6 Å². The Bertz CT molecular complexity index is 200. The molecule has 0 atom stereocenters. The molecule has 0 aliphatic carbocycles. The van der Waals surface area contributed by atoms with Crippen LogP contribution in [0.15, 0.2) is 0 Å². The van der Waals surface area contributed by atoms with Crippen LogP contribution in [0.3, 0.4) is 0 Å². The fraction of sp³-hybridized carbons (Fsp3) is 0.800. The van der Waals surface area contributed by atoms with Crippen molar-refractivity contribution < 1.29 is 18.6 Å². The molecule has 4 nitrogen and oxygen atoms in total. The van der Waals surface area contributed by atoms with Gasteiger partial charge in [-0.1, -0.05) is 13.8 Å². The van der Waals surface area contributed by atoms with Gasteiger partial charge in [0.05, 0.1) is 5.92 Å². The average Bonchev–Trinajstić information content (AvgIpc) is 1.84. The van der Waals surface area contributed by atoms with Crippen molar-refractivity contribution in [2.75, 3.05) is 6.79 Å². The van der Waals surface area contributed by atoms with Crippen molar-refractivity contribution in [3.05, 3.63) is 0 Å². The molecular formula is C5H9Cl2O4P. The first-order valence-corrected chi connectivity index (χ1v) is 6.57. The topological polar surface area (TPSA) is 52.6 Å². The van der Waals surface area contributed by atoms with Crippen molar-refractivity contribution in [2.45, 2.75) is 13.8 Å². The van der Waals surface area contributed by atoms with Gasteiger partial charge in [-0.05, 0) is 22.5 Å². The van der Waals surface area contributed by atoms with Crippen molar-refractivity contribution >= 4 is 34.5 Å². The van der Waals surface area contributed by atoms with E-state index >= 15 is 0 Å². The summed E-state index contributed by atoms with van der Waals surface area (Å²) in [6, 6.07) is 0. The maximum absolute atomic E-state index is 10.8. The second kappa shape index (κ2) is 5.07. The van der Waals surface area contributed by atoms with E-state index in [9.17, 15) is 9.36 Å². The lowest BCUT2D eigenvalue weighted by Gasteiger charge is -2.07. The summed E-state index contributed by atoms with van der Waals surface area (Å²) in [5, 5.41) is 0. The molecule has 0 heterocycles. The van der Waals surface area contributed by atoms with E-state index in [1.165, 1.54) is 0 Å². The third kappa shape index (κ3) is 6.92. The van der Waals surface area contributed by atoms with E-state index in [1.54, 1.807) is 13.8 Å². The summed E-state index contributed by atoms with van der Waals surface area (Å²) in [7, 11) is 0. The standard InChI is InChI=1S/C5H9Cl2O4P/c1-4(2)5(8)10-3-11-12(6,7)9/h4H,3H2,1-2H3.